The summed E-state index contributed by atoms with van der Waals surface area (Å²) in [7, 11) is 0. The van der Waals surface area contributed by atoms with Gasteiger partial charge in [-0.05, 0) is 17.7 Å². The highest BCUT2D eigenvalue weighted by atomic mass is 35.5. The van der Waals surface area contributed by atoms with Crippen molar-refractivity contribution in [1.29, 1.82) is 0 Å². The Labute approximate surface area is 111 Å². The summed E-state index contributed by atoms with van der Waals surface area (Å²) in [5.41, 5.74) is 6.35. The number of hydrogen-bond acceptors (Lipinski definition) is 3. The lowest BCUT2D eigenvalue weighted by molar-refractivity contribution is -0.141. The molecule has 96 valence electrons. The van der Waals surface area contributed by atoms with E-state index in [0.717, 1.165) is 5.56 Å². The van der Waals surface area contributed by atoms with Crippen LogP contribution in [0.4, 0.5) is 5.69 Å². The molecule has 1 heterocycles. The van der Waals surface area contributed by atoms with Gasteiger partial charge in [0.1, 0.15) is 0 Å². The van der Waals surface area contributed by atoms with E-state index in [-0.39, 0.29) is 24.8 Å². The Balaban J connectivity index is 2.22. The molecule has 0 bridgehead atoms. The minimum atomic E-state index is -0.602. The largest absolute Gasteiger partial charge is 0.398 e. The van der Waals surface area contributed by atoms with Gasteiger partial charge in [-0.25, -0.2) is 0 Å². The van der Waals surface area contributed by atoms with Crippen molar-refractivity contribution in [3.63, 3.8) is 0 Å². The van der Waals surface area contributed by atoms with Gasteiger partial charge in [0.15, 0.2) is 0 Å². The molecule has 0 saturated carbocycles. The highest BCUT2D eigenvalue weighted by molar-refractivity contribution is 6.33. The van der Waals surface area contributed by atoms with Gasteiger partial charge in [-0.3, -0.25) is 14.5 Å². The maximum atomic E-state index is 12.0. The Bertz CT molecular complexity index is 526. The van der Waals surface area contributed by atoms with Crippen molar-refractivity contribution >= 4 is 29.1 Å². The molecule has 1 aliphatic rings. The average molecular weight is 267 g/mol. The minimum absolute atomic E-state index is 0.138. The Hall–Kier alpha value is -1.55. The Morgan fingerprint density at radius 1 is 1.39 bits per heavy atom. The number of amides is 2. The monoisotopic (exact) mass is 266 g/mol. The van der Waals surface area contributed by atoms with E-state index < -0.39 is 5.41 Å². The molecule has 0 unspecified atom stereocenters. The maximum absolute atomic E-state index is 12.0. The van der Waals surface area contributed by atoms with Crippen molar-refractivity contribution in [2.24, 2.45) is 5.41 Å². The van der Waals surface area contributed by atoms with Crippen LogP contribution in [0.2, 0.25) is 5.02 Å². The average Bonchev–Trinajstić information content (AvgIpc) is 2.46. The number of likely N-dealkylation sites (tertiary alicyclic amines) is 1. The molecule has 0 radical (unpaired) electrons. The quantitative estimate of drug-likeness (QED) is 0.659. The Morgan fingerprint density at radius 3 is 2.56 bits per heavy atom. The van der Waals surface area contributed by atoms with Gasteiger partial charge in [0.05, 0.1) is 22.7 Å². The number of anilines is 1. The molecule has 1 aromatic rings. The predicted molar refractivity (Wildman–Crippen MR) is 69.8 cm³/mol. The SMILES string of the molecule is CC1(C)CC(=O)N(Cc2ccc(Cl)c(N)c2)C1=O. The molecular weight excluding hydrogens is 252 g/mol. The number of imide groups is 1. The molecule has 2 rings (SSSR count). The Morgan fingerprint density at radius 2 is 2.06 bits per heavy atom. The van der Waals surface area contributed by atoms with Crippen molar-refractivity contribution in [1.82, 2.24) is 4.90 Å². The first-order chi connectivity index (χ1) is 8.31. The summed E-state index contributed by atoms with van der Waals surface area (Å²) >= 11 is 5.83. The molecule has 0 aliphatic carbocycles. The molecule has 0 atom stereocenters. The smallest absolute Gasteiger partial charge is 0.235 e. The van der Waals surface area contributed by atoms with Crippen molar-refractivity contribution in [2.75, 3.05) is 5.73 Å². The molecule has 2 amide bonds. The first-order valence-corrected chi connectivity index (χ1v) is 6.08. The number of carbonyl (C=O) groups is 2. The fraction of sp³-hybridized carbons (Fsp3) is 0.385. The van der Waals surface area contributed by atoms with E-state index in [0.29, 0.717) is 10.7 Å². The van der Waals surface area contributed by atoms with Gasteiger partial charge in [0, 0.05) is 6.42 Å². The molecule has 1 fully saturated rings. The van der Waals surface area contributed by atoms with Gasteiger partial charge in [0.25, 0.3) is 0 Å². The van der Waals surface area contributed by atoms with Gasteiger partial charge in [0.2, 0.25) is 11.8 Å². The van der Waals surface area contributed by atoms with Gasteiger partial charge in [-0.2, -0.15) is 0 Å². The van der Waals surface area contributed by atoms with E-state index in [9.17, 15) is 9.59 Å². The molecule has 5 heteroatoms. The fourth-order valence-corrected chi connectivity index (χ4v) is 2.18. The summed E-state index contributed by atoms with van der Waals surface area (Å²) in [6, 6.07) is 5.13. The van der Waals surface area contributed by atoms with E-state index in [1.165, 1.54) is 4.90 Å². The zero-order valence-electron chi connectivity index (χ0n) is 10.4. The highest BCUT2D eigenvalue weighted by Crippen LogP contribution is 2.33. The van der Waals surface area contributed by atoms with Crippen molar-refractivity contribution in [2.45, 2.75) is 26.8 Å². The number of nitrogen functional groups attached to an aromatic ring is 1. The van der Waals surface area contributed by atoms with Crippen molar-refractivity contribution < 1.29 is 9.59 Å². The van der Waals surface area contributed by atoms with E-state index in [4.69, 9.17) is 17.3 Å². The van der Waals surface area contributed by atoms with Crippen LogP contribution < -0.4 is 5.73 Å². The van der Waals surface area contributed by atoms with Crippen molar-refractivity contribution in [3.8, 4) is 0 Å². The van der Waals surface area contributed by atoms with Gasteiger partial charge >= 0.3 is 0 Å². The lowest BCUT2D eigenvalue weighted by Gasteiger charge is -2.18. The molecule has 0 spiro atoms. The van der Waals surface area contributed by atoms with E-state index >= 15 is 0 Å². The van der Waals surface area contributed by atoms with E-state index in [1.807, 2.05) is 0 Å². The molecule has 1 saturated heterocycles. The topological polar surface area (TPSA) is 63.4 Å². The lowest BCUT2D eigenvalue weighted by atomic mass is 9.92. The highest BCUT2D eigenvalue weighted by Gasteiger charge is 2.44. The van der Waals surface area contributed by atoms with Crippen LogP contribution in [-0.2, 0) is 16.1 Å². The lowest BCUT2D eigenvalue weighted by Crippen LogP contribution is -2.32. The summed E-state index contributed by atoms with van der Waals surface area (Å²) in [6.45, 7) is 3.81. The molecule has 1 aromatic carbocycles. The van der Waals surface area contributed by atoms with E-state index in [2.05, 4.69) is 0 Å². The summed E-state index contributed by atoms with van der Waals surface area (Å²) in [5.74, 6) is -0.278. The maximum Gasteiger partial charge on any atom is 0.235 e. The van der Waals surface area contributed by atoms with Crippen LogP contribution in [0, 0.1) is 5.41 Å². The van der Waals surface area contributed by atoms with Crippen LogP contribution in [0.3, 0.4) is 0 Å². The first kappa shape index (κ1) is 12.9. The van der Waals surface area contributed by atoms with Crippen LogP contribution in [0.25, 0.3) is 0 Å². The number of nitrogens with two attached hydrogens (primary N) is 1. The van der Waals surface area contributed by atoms with Crippen LogP contribution in [0.1, 0.15) is 25.8 Å². The fourth-order valence-electron chi connectivity index (χ4n) is 2.06. The number of hydrogen-bond donors (Lipinski definition) is 1. The predicted octanol–water partition coefficient (Wildman–Crippen LogP) is 2.21. The summed E-state index contributed by atoms with van der Waals surface area (Å²) in [4.78, 5) is 25.1. The number of rotatable bonds is 2. The second-order valence-corrected chi connectivity index (χ2v) is 5.61. The van der Waals surface area contributed by atoms with Crippen LogP contribution >= 0.6 is 11.6 Å². The third-order valence-electron chi connectivity index (χ3n) is 3.12. The zero-order chi connectivity index (χ0) is 13.5. The summed E-state index contributed by atoms with van der Waals surface area (Å²) in [5, 5.41) is 0.471. The molecule has 1 aliphatic heterocycles. The minimum Gasteiger partial charge on any atom is -0.398 e. The third-order valence-corrected chi connectivity index (χ3v) is 3.46. The number of nitrogens with zero attached hydrogens (tertiary/aromatic N) is 1. The second kappa shape index (κ2) is 4.28. The Kier molecular flexibility index (Phi) is 3.07. The van der Waals surface area contributed by atoms with Gasteiger partial charge < -0.3 is 5.73 Å². The molecule has 2 N–H and O–H groups in total. The van der Waals surface area contributed by atoms with Gasteiger partial charge in [-0.1, -0.05) is 31.5 Å². The molecule has 18 heavy (non-hydrogen) atoms. The number of carbonyl (C=O) groups excluding carboxylic acids is 2. The first-order valence-electron chi connectivity index (χ1n) is 5.70. The zero-order valence-corrected chi connectivity index (χ0v) is 11.1. The summed E-state index contributed by atoms with van der Waals surface area (Å²) in [6.07, 6.45) is 0.259. The van der Waals surface area contributed by atoms with Crippen LogP contribution in [0.15, 0.2) is 18.2 Å². The molecule has 4 nitrogen and oxygen atoms in total. The number of halogens is 1. The second-order valence-electron chi connectivity index (χ2n) is 5.20. The summed E-state index contributed by atoms with van der Waals surface area (Å²) < 4.78 is 0. The number of benzene rings is 1. The third kappa shape index (κ3) is 2.20. The normalized spacial score (nSPS) is 18.5. The van der Waals surface area contributed by atoms with Crippen LogP contribution in [-0.4, -0.2) is 16.7 Å². The molecular formula is C13H15ClN2O2. The van der Waals surface area contributed by atoms with Gasteiger partial charge in [-0.15, -0.1) is 0 Å². The van der Waals surface area contributed by atoms with Crippen molar-refractivity contribution in [3.05, 3.63) is 28.8 Å². The van der Waals surface area contributed by atoms with Crippen LogP contribution in [0.5, 0.6) is 0 Å². The standard InChI is InChI=1S/C13H15ClN2O2/c1-13(2)6-11(17)16(12(13)18)7-8-3-4-9(14)10(15)5-8/h3-5H,6-7,15H2,1-2H3. The van der Waals surface area contributed by atoms with E-state index in [1.54, 1.807) is 32.0 Å². The molecule has 0 aromatic heterocycles.